The summed E-state index contributed by atoms with van der Waals surface area (Å²) in [6.07, 6.45) is 0.771. The lowest BCUT2D eigenvalue weighted by Gasteiger charge is -2.37. The Morgan fingerprint density at radius 3 is 2.67 bits per heavy atom. The van der Waals surface area contributed by atoms with E-state index in [1.54, 1.807) is 35.3 Å². The maximum absolute atomic E-state index is 14.2. The number of para-hydroxylation sites is 1. The van der Waals surface area contributed by atoms with Crippen molar-refractivity contribution in [3.8, 4) is 5.75 Å². The third-order valence-corrected chi connectivity index (χ3v) is 7.00. The number of carbonyl (C=O) groups is 2. The Morgan fingerprint density at radius 1 is 1.15 bits per heavy atom. The van der Waals surface area contributed by atoms with Crippen molar-refractivity contribution in [2.45, 2.75) is 26.3 Å². The summed E-state index contributed by atoms with van der Waals surface area (Å²) in [4.78, 5) is 30.7. The van der Waals surface area contributed by atoms with Crippen LogP contribution in [0.3, 0.4) is 0 Å². The molecule has 4 rings (SSSR count). The molecular formula is C26H27FN2O3S. The Labute approximate surface area is 197 Å². The first kappa shape index (κ1) is 23.0. The van der Waals surface area contributed by atoms with Crippen LogP contribution in [0.2, 0.25) is 0 Å². The number of hydrogen-bond donors (Lipinski definition) is 0. The van der Waals surface area contributed by atoms with Crippen LogP contribution in [0.25, 0.3) is 0 Å². The van der Waals surface area contributed by atoms with Gasteiger partial charge >= 0.3 is 0 Å². The number of likely N-dealkylation sites (N-methyl/N-ethyl adjacent to an activating group) is 1. The van der Waals surface area contributed by atoms with Gasteiger partial charge in [0.25, 0.3) is 5.91 Å². The molecule has 0 spiro atoms. The Kier molecular flexibility index (Phi) is 7.08. The number of fused-ring (bicyclic) bond motifs is 1. The molecule has 0 aliphatic carbocycles. The molecule has 0 N–H and O–H groups in total. The summed E-state index contributed by atoms with van der Waals surface area (Å²) < 4.78 is 20.3. The lowest BCUT2D eigenvalue weighted by Crippen LogP contribution is -2.47. The van der Waals surface area contributed by atoms with Gasteiger partial charge in [-0.15, -0.1) is 11.3 Å². The van der Waals surface area contributed by atoms with Crippen LogP contribution in [-0.2, 0) is 11.2 Å². The summed E-state index contributed by atoms with van der Waals surface area (Å²) >= 11 is 1.69. The van der Waals surface area contributed by atoms with Crippen molar-refractivity contribution >= 4 is 23.2 Å². The highest BCUT2D eigenvalue weighted by Crippen LogP contribution is 2.34. The minimum Gasteiger partial charge on any atom is -0.491 e. The van der Waals surface area contributed by atoms with Crippen molar-refractivity contribution < 1.29 is 18.7 Å². The predicted molar refractivity (Wildman–Crippen MR) is 127 cm³/mol. The topological polar surface area (TPSA) is 49.9 Å². The highest BCUT2D eigenvalue weighted by molar-refractivity contribution is 7.10. The molecule has 3 aromatic rings. The van der Waals surface area contributed by atoms with Gasteiger partial charge in [-0.25, -0.2) is 4.39 Å². The molecule has 0 saturated heterocycles. The number of nitrogens with zero attached hydrogens (tertiary/aromatic N) is 2. The van der Waals surface area contributed by atoms with Crippen molar-refractivity contribution in [3.05, 3.63) is 87.4 Å². The van der Waals surface area contributed by atoms with Gasteiger partial charge in [0, 0.05) is 18.0 Å². The second-order valence-electron chi connectivity index (χ2n) is 8.03. The average molecular weight is 467 g/mol. The van der Waals surface area contributed by atoms with Gasteiger partial charge in [0.15, 0.2) is 0 Å². The van der Waals surface area contributed by atoms with E-state index in [1.807, 2.05) is 42.6 Å². The lowest BCUT2D eigenvalue weighted by molar-refractivity contribution is -0.135. The van der Waals surface area contributed by atoms with Gasteiger partial charge in [0.05, 0.1) is 11.6 Å². The number of hydrogen-bond acceptors (Lipinski definition) is 4. The van der Waals surface area contributed by atoms with Crippen molar-refractivity contribution in [2.75, 3.05) is 26.2 Å². The van der Waals surface area contributed by atoms with Gasteiger partial charge in [0.2, 0.25) is 5.91 Å². The van der Waals surface area contributed by atoms with Gasteiger partial charge in [0.1, 0.15) is 24.7 Å². The third kappa shape index (κ3) is 4.93. The van der Waals surface area contributed by atoms with Crippen LogP contribution >= 0.6 is 11.3 Å². The Balaban J connectivity index is 1.52. The van der Waals surface area contributed by atoms with Crippen molar-refractivity contribution in [2.24, 2.45) is 0 Å². The van der Waals surface area contributed by atoms with E-state index in [9.17, 15) is 14.0 Å². The number of benzene rings is 2. The second kappa shape index (κ2) is 10.2. The fourth-order valence-corrected chi connectivity index (χ4v) is 5.08. The molecule has 0 bridgehead atoms. The molecule has 1 unspecified atom stereocenters. The van der Waals surface area contributed by atoms with Gasteiger partial charge in [-0.2, -0.15) is 0 Å². The van der Waals surface area contributed by atoms with E-state index < -0.39 is 11.7 Å². The average Bonchev–Trinajstić information content (AvgIpc) is 3.31. The molecule has 1 aromatic heterocycles. The van der Waals surface area contributed by atoms with E-state index in [2.05, 4.69) is 0 Å². The predicted octanol–water partition coefficient (Wildman–Crippen LogP) is 4.86. The van der Waals surface area contributed by atoms with E-state index >= 15 is 0 Å². The first-order valence-corrected chi connectivity index (χ1v) is 12.0. The summed E-state index contributed by atoms with van der Waals surface area (Å²) in [6.45, 7) is 4.86. The third-order valence-electron chi connectivity index (χ3n) is 6.00. The Morgan fingerprint density at radius 2 is 1.91 bits per heavy atom. The number of halogens is 1. The van der Waals surface area contributed by atoms with Crippen LogP contribution in [-0.4, -0.2) is 47.9 Å². The van der Waals surface area contributed by atoms with Crippen molar-refractivity contribution in [1.29, 1.82) is 0 Å². The van der Waals surface area contributed by atoms with Crippen LogP contribution in [0.4, 0.5) is 4.39 Å². The number of thiophene rings is 1. The van der Waals surface area contributed by atoms with E-state index in [4.69, 9.17) is 4.74 Å². The second-order valence-corrected chi connectivity index (χ2v) is 9.03. The summed E-state index contributed by atoms with van der Waals surface area (Å²) in [5.41, 5.74) is 2.10. The van der Waals surface area contributed by atoms with E-state index in [0.717, 1.165) is 23.3 Å². The van der Waals surface area contributed by atoms with Crippen LogP contribution < -0.4 is 4.74 Å². The Hall–Kier alpha value is -3.19. The van der Waals surface area contributed by atoms with Gasteiger partial charge < -0.3 is 14.5 Å². The van der Waals surface area contributed by atoms with Gasteiger partial charge in [-0.3, -0.25) is 9.59 Å². The first-order chi connectivity index (χ1) is 16.0. The Bertz CT molecular complexity index is 1150. The quantitative estimate of drug-likeness (QED) is 0.500. The largest absolute Gasteiger partial charge is 0.491 e. The number of rotatable bonds is 7. The summed E-state index contributed by atoms with van der Waals surface area (Å²) in [6, 6.07) is 15.5. The molecule has 1 aliphatic rings. The fourth-order valence-electron chi connectivity index (χ4n) is 4.15. The maximum Gasteiger partial charge on any atom is 0.257 e. The zero-order valence-electron chi connectivity index (χ0n) is 18.8. The lowest BCUT2D eigenvalue weighted by atomic mass is 10.00. The van der Waals surface area contributed by atoms with Crippen molar-refractivity contribution in [3.63, 3.8) is 0 Å². The minimum absolute atomic E-state index is 0.0228. The number of aryl methyl sites for hydroxylation is 1. The van der Waals surface area contributed by atoms with E-state index in [-0.39, 0.29) is 24.1 Å². The number of amides is 2. The summed E-state index contributed by atoms with van der Waals surface area (Å²) in [5, 5.41) is 2.04. The normalized spacial score (nSPS) is 15.1. The number of carbonyl (C=O) groups excluding carboxylic acids is 2. The van der Waals surface area contributed by atoms with E-state index in [1.165, 1.54) is 21.9 Å². The molecule has 2 aromatic carbocycles. The molecule has 1 atom stereocenters. The molecule has 0 saturated carbocycles. The molecule has 0 fully saturated rings. The zero-order chi connectivity index (χ0) is 23.4. The standard InChI is InChI=1S/C26H27FN2O3S/c1-3-28(26(31)19-9-5-6-10-21(19)27)16-25(30)29-14-12-24-20(13-15-33-24)22(29)17-32-23-11-7-4-8-18(23)2/h4-11,13,15,22H,3,12,14,16-17H2,1-2H3. The van der Waals surface area contributed by atoms with Crippen LogP contribution in [0.1, 0.15) is 39.3 Å². The highest BCUT2D eigenvalue weighted by Gasteiger charge is 2.33. The highest BCUT2D eigenvalue weighted by atomic mass is 32.1. The van der Waals surface area contributed by atoms with Crippen molar-refractivity contribution in [1.82, 2.24) is 9.80 Å². The molecule has 33 heavy (non-hydrogen) atoms. The molecule has 0 radical (unpaired) electrons. The molecule has 5 nitrogen and oxygen atoms in total. The van der Waals surface area contributed by atoms with Crippen LogP contribution in [0.5, 0.6) is 5.75 Å². The van der Waals surface area contributed by atoms with Gasteiger partial charge in [-0.05, 0) is 61.0 Å². The molecule has 2 amide bonds. The van der Waals surface area contributed by atoms with Crippen LogP contribution in [0.15, 0.2) is 60.0 Å². The van der Waals surface area contributed by atoms with Gasteiger partial charge in [-0.1, -0.05) is 30.3 Å². The number of ether oxygens (including phenoxy) is 1. The zero-order valence-corrected chi connectivity index (χ0v) is 19.6. The fraction of sp³-hybridized carbons (Fsp3) is 0.308. The minimum atomic E-state index is -0.584. The van der Waals surface area contributed by atoms with Crippen LogP contribution in [0, 0.1) is 12.7 Å². The van der Waals surface area contributed by atoms with E-state index in [0.29, 0.717) is 19.7 Å². The molecule has 1 aliphatic heterocycles. The SMILES string of the molecule is CCN(CC(=O)N1CCc2sccc2C1COc1ccccc1C)C(=O)c1ccccc1F. The summed E-state index contributed by atoms with van der Waals surface area (Å²) in [7, 11) is 0. The monoisotopic (exact) mass is 466 g/mol. The molecule has 7 heteroatoms. The summed E-state index contributed by atoms with van der Waals surface area (Å²) in [5.74, 6) is -0.447. The molecular weight excluding hydrogens is 439 g/mol. The molecule has 172 valence electrons. The molecule has 2 heterocycles. The smallest absolute Gasteiger partial charge is 0.257 e. The first-order valence-electron chi connectivity index (χ1n) is 11.1. The maximum atomic E-state index is 14.2.